The summed E-state index contributed by atoms with van der Waals surface area (Å²) in [5, 5.41) is 0. The van der Waals surface area contributed by atoms with Crippen molar-refractivity contribution in [1.82, 2.24) is 0 Å². The Labute approximate surface area is 325 Å². The third kappa shape index (κ3) is 6.16. The van der Waals surface area contributed by atoms with Crippen LogP contribution in [0.3, 0.4) is 0 Å². The molecule has 4 heteroatoms. The molecule has 1 atom stereocenters. The Hall–Kier alpha value is -3.50. The number of rotatable bonds is 2. The average molecular weight is 721 g/mol. The van der Waals surface area contributed by atoms with Crippen LogP contribution in [0.1, 0.15) is 130 Å². The monoisotopic (exact) mass is 720 g/mol. The first-order chi connectivity index (χ1) is 24.7. The van der Waals surface area contributed by atoms with Gasteiger partial charge < -0.3 is 9.80 Å². The molecule has 0 spiro atoms. The van der Waals surface area contributed by atoms with Crippen LogP contribution >= 0.6 is 11.3 Å². The molecule has 0 saturated heterocycles. The molecule has 3 heterocycles. The van der Waals surface area contributed by atoms with Gasteiger partial charge in [0.05, 0.1) is 11.7 Å². The highest BCUT2D eigenvalue weighted by atomic mass is 32.1. The van der Waals surface area contributed by atoms with E-state index in [0.717, 1.165) is 32.1 Å². The lowest BCUT2D eigenvalue weighted by atomic mass is 9.36. The molecule has 1 aromatic heterocycles. The molecular weight excluding hydrogens is 659 g/mol. The van der Waals surface area contributed by atoms with E-state index < -0.39 is 0 Å². The van der Waals surface area contributed by atoms with Crippen molar-refractivity contribution in [2.24, 2.45) is 16.2 Å². The van der Waals surface area contributed by atoms with E-state index in [1.165, 1.54) is 66.4 Å². The summed E-state index contributed by atoms with van der Waals surface area (Å²) in [5.41, 5.74) is 19.3. The Balaban J connectivity index is 1.42. The van der Waals surface area contributed by atoms with Gasteiger partial charge in [0.25, 0.3) is 6.71 Å². The van der Waals surface area contributed by atoms with E-state index >= 15 is 0 Å². The summed E-state index contributed by atoms with van der Waals surface area (Å²) >= 11 is 2.11. The van der Waals surface area contributed by atoms with E-state index in [4.69, 9.17) is 0 Å². The minimum absolute atomic E-state index is 0.0528. The molecule has 0 amide bonds. The third-order valence-electron chi connectivity index (χ3n) is 12.6. The summed E-state index contributed by atoms with van der Waals surface area (Å²) in [7, 11) is 0. The summed E-state index contributed by atoms with van der Waals surface area (Å²) in [6.07, 6.45) is 20.4. The van der Waals surface area contributed by atoms with E-state index in [2.05, 4.69) is 178 Å². The zero-order chi connectivity index (χ0) is 38.0. The number of thiophene rings is 1. The summed E-state index contributed by atoms with van der Waals surface area (Å²) in [6.45, 7) is 30.9. The van der Waals surface area contributed by atoms with Crippen molar-refractivity contribution >= 4 is 62.6 Å². The fourth-order valence-electron chi connectivity index (χ4n) is 9.39. The van der Waals surface area contributed by atoms with Crippen LogP contribution in [0.4, 0.5) is 22.7 Å². The zero-order valence-electron chi connectivity index (χ0n) is 34.8. The standard InChI is InChI=1S/C49H61BN2S/c1-30-26-40-43-41(27-30)52(36-22-16-32(17-23-36)47(5,6)7)44-37-28-33(48(8,9)10)19-25-42(37)53-45(44)50(43)38-29-34(49(11,12)13)18-24-39(38)51(40)35-20-14-31(15-21-35)46(2,3)4/h14,16-18,20,22,24,26-29,36H,15,19,21,23,25H2,1-13H3. The second kappa shape index (κ2) is 12.3. The molecule has 0 radical (unpaired) electrons. The predicted molar refractivity (Wildman–Crippen MR) is 235 cm³/mol. The van der Waals surface area contributed by atoms with Crippen LogP contribution < -0.4 is 25.5 Å². The van der Waals surface area contributed by atoms with Gasteiger partial charge in [0.1, 0.15) is 0 Å². The molecule has 0 saturated carbocycles. The van der Waals surface area contributed by atoms with E-state index in [1.807, 2.05) is 0 Å². The largest absolute Gasteiger partial charge is 0.334 e. The minimum atomic E-state index is 0.0528. The van der Waals surface area contributed by atoms with Crippen molar-refractivity contribution < 1.29 is 0 Å². The van der Waals surface area contributed by atoms with Crippen molar-refractivity contribution in [3.63, 3.8) is 0 Å². The molecule has 276 valence electrons. The van der Waals surface area contributed by atoms with E-state index in [1.54, 1.807) is 16.0 Å². The molecule has 8 rings (SSSR count). The second-order valence-corrected chi connectivity index (χ2v) is 21.8. The lowest BCUT2D eigenvalue weighted by Crippen LogP contribution is -2.62. The topological polar surface area (TPSA) is 6.48 Å². The maximum atomic E-state index is 2.80. The normalized spacial score (nSPS) is 19.9. The molecule has 0 fully saturated rings. The fourth-order valence-corrected chi connectivity index (χ4v) is 10.8. The molecule has 0 N–H and O–H groups in total. The van der Waals surface area contributed by atoms with Crippen LogP contribution in [0.15, 0.2) is 83.1 Å². The van der Waals surface area contributed by atoms with Gasteiger partial charge in [-0.05, 0) is 113 Å². The first-order valence-electron chi connectivity index (χ1n) is 20.3. The molecule has 2 aliphatic heterocycles. The molecular formula is C49H61BN2S. The number of hydrogen-bond acceptors (Lipinski definition) is 3. The number of aryl methyl sites for hydroxylation is 2. The molecule has 0 bridgehead atoms. The van der Waals surface area contributed by atoms with Crippen LogP contribution in [-0.4, -0.2) is 12.8 Å². The predicted octanol–water partition coefficient (Wildman–Crippen LogP) is 12.1. The van der Waals surface area contributed by atoms with Crippen molar-refractivity contribution in [3.05, 3.63) is 105 Å². The van der Waals surface area contributed by atoms with Crippen LogP contribution in [0.25, 0.3) is 6.08 Å². The molecule has 3 aliphatic carbocycles. The SMILES string of the molecule is Cc1cc2c3c(c1)N(C1C=CC(C(C)(C)C)=CC1)c1c(sc4c1C=C(C(C)(C)C)CC4)B3c1cc(C(C)(C)C)ccc1N2C1=CC=C(C(C)(C)C)CC1. The lowest BCUT2D eigenvalue weighted by Gasteiger charge is -2.47. The fraction of sp³-hybridized carbons (Fsp3) is 0.469. The van der Waals surface area contributed by atoms with Gasteiger partial charge >= 0.3 is 0 Å². The Morgan fingerprint density at radius 2 is 1.42 bits per heavy atom. The van der Waals surface area contributed by atoms with Crippen molar-refractivity contribution in [3.8, 4) is 0 Å². The van der Waals surface area contributed by atoms with Crippen LogP contribution in [-0.2, 0) is 11.8 Å². The van der Waals surface area contributed by atoms with Gasteiger partial charge in [0.15, 0.2) is 0 Å². The Morgan fingerprint density at radius 3 is 2.02 bits per heavy atom. The van der Waals surface area contributed by atoms with Gasteiger partial charge in [-0.15, -0.1) is 0 Å². The average Bonchev–Trinajstić information content (AvgIpc) is 3.45. The Kier molecular flexibility index (Phi) is 8.44. The first-order valence-corrected chi connectivity index (χ1v) is 21.1. The van der Waals surface area contributed by atoms with Gasteiger partial charge in [0.2, 0.25) is 0 Å². The van der Waals surface area contributed by atoms with Gasteiger partial charge in [-0.25, -0.2) is 0 Å². The third-order valence-corrected chi connectivity index (χ3v) is 13.9. The highest BCUT2D eigenvalue weighted by Gasteiger charge is 2.47. The smallest absolute Gasteiger partial charge is 0.264 e. The Bertz CT molecular complexity index is 2170. The highest BCUT2D eigenvalue weighted by molar-refractivity contribution is 7.29. The molecule has 2 aromatic carbocycles. The van der Waals surface area contributed by atoms with E-state index in [0.29, 0.717) is 0 Å². The van der Waals surface area contributed by atoms with Crippen LogP contribution in [0, 0.1) is 23.2 Å². The molecule has 2 nitrogen and oxygen atoms in total. The van der Waals surface area contributed by atoms with Crippen LogP contribution in [0.2, 0.25) is 0 Å². The maximum Gasteiger partial charge on any atom is 0.264 e. The van der Waals surface area contributed by atoms with Gasteiger partial charge in [-0.1, -0.05) is 137 Å². The Morgan fingerprint density at radius 1 is 0.717 bits per heavy atom. The van der Waals surface area contributed by atoms with Crippen molar-refractivity contribution in [2.45, 2.75) is 134 Å². The quantitative estimate of drug-likeness (QED) is 0.243. The first kappa shape index (κ1) is 36.5. The maximum absolute atomic E-state index is 2.80. The molecule has 1 unspecified atom stereocenters. The van der Waals surface area contributed by atoms with Crippen LogP contribution in [0.5, 0.6) is 0 Å². The highest BCUT2D eigenvalue weighted by Crippen LogP contribution is 2.49. The van der Waals surface area contributed by atoms with Gasteiger partial charge in [-0.3, -0.25) is 0 Å². The van der Waals surface area contributed by atoms with Gasteiger partial charge in [-0.2, -0.15) is 11.3 Å². The number of benzene rings is 2. The number of hydrogen-bond donors (Lipinski definition) is 0. The molecule has 3 aromatic rings. The number of anilines is 4. The number of allylic oxidation sites excluding steroid dienone is 7. The lowest BCUT2D eigenvalue weighted by molar-refractivity contribution is 0.479. The molecule has 53 heavy (non-hydrogen) atoms. The van der Waals surface area contributed by atoms with Gasteiger partial charge in [0, 0.05) is 38.0 Å². The van der Waals surface area contributed by atoms with E-state index in [9.17, 15) is 0 Å². The van der Waals surface area contributed by atoms with Crippen molar-refractivity contribution in [1.29, 1.82) is 0 Å². The second-order valence-electron chi connectivity index (χ2n) is 20.6. The molecule has 5 aliphatic rings. The minimum Gasteiger partial charge on any atom is -0.334 e. The summed E-state index contributed by atoms with van der Waals surface area (Å²) in [5.74, 6) is 0. The summed E-state index contributed by atoms with van der Waals surface area (Å²) < 4.78 is 1.54. The van der Waals surface area contributed by atoms with E-state index in [-0.39, 0.29) is 34.4 Å². The zero-order valence-corrected chi connectivity index (χ0v) is 35.7. The number of fused-ring (bicyclic) bond motifs is 6. The summed E-state index contributed by atoms with van der Waals surface area (Å²) in [6, 6.07) is 12.7. The summed E-state index contributed by atoms with van der Waals surface area (Å²) in [4.78, 5) is 7.03. The number of nitrogens with zero attached hydrogens (tertiary/aromatic N) is 2. The van der Waals surface area contributed by atoms with Crippen molar-refractivity contribution in [2.75, 3.05) is 9.80 Å².